The van der Waals surface area contributed by atoms with Gasteiger partial charge in [-0.15, -0.1) is 0 Å². The second-order valence-corrected chi connectivity index (χ2v) is 2.22. The molecule has 0 aliphatic carbocycles. The summed E-state index contributed by atoms with van der Waals surface area (Å²) < 4.78 is 0. The normalized spacial score (nSPS) is 7.42. The Balaban J connectivity index is -0.000000175. The van der Waals surface area contributed by atoms with E-state index in [-0.39, 0.29) is 5.91 Å². The van der Waals surface area contributed by atoms with Crippen LogP contribution in [0, 0.1) is 0 Å². The van der Waals surface area contributed by atoms with Gasteiger partial charge in [-0.05, 0) is 13.8 Å². The molecule has 0 spiro atoms. The van der Waals surface area contributed by atoms with Crippen LogP contribution in [-0.2, 0) is 4.79 Å². The Labute approximate surface area is 78.0 Å². The van der Waals surface area contributed by atoms with Crippen LogP contribution in [0.5, 0.6) is 0 Å². The molecule has 0 unspecified atom stereocenters. The van der Waals surface area contributed by atoms with E-state index in [1.54, 1.807) is 18.9 Å². The van der Waals surface area contributed by atoms with Gasteiger partial charge in [0.2, 0.25) is 5.91 Å². The van der Waals surface area contributed by atoms with Crippen molar-refractivity contribution in [2.75, 3.05) is 7.05 Å². The van der Waals surface area contributed by atoms with Crippen molar-refractivity contribution >= 4 is 5.91 Å². The lowest BCUT2D eigenvalue weighted by Gasteiger charge is -2.18. The summed E-state index contributed by atoms with van der Waals surface area (Å²) in [5.74, 6) is 0.125. The van der Waals surface area contributed by atoms with Gasteiger partial charge in [0, 0.05) is 20.0 Å². The highest BCUT2D eigenvalue weighted by atomic mass is 16.2. The number of amides is 1. The molecule has 0 saturated carbocycles. The van der Waals surface area contributed by atoms with Crippen molar-refractivity contribution in [1.82, 2.24) is 4.90 Å². The molecule has 0 fully saturated rings. The first-order valence-corrected chi connectivity index (χ1v) is 4.79. The second kappa shape index (κ2) is 13.1. The third-order valence-electron chi connectivity index (χ3n) is 1.27. The molecule has 0 aromatic carbocycles. The zero-order valence-corrected chi connectivity index (χ0v) is 9.93. The summed E-state index contributed by atoms with van der Waals surface area (Å²) in [5.41, 5.74) is 0. The van der Waals surface area contributed by atoms with Crippen LogP contribution >= 0.6 is 0 Å². The SMILES string of the molecule is CC.CC.CC(=O)N(C)C(C)C. The van der Waals surface area contributed by atoms with Crippen LogP contribution in [0.1, 0.15) is 48.5 Å². The monoisotopic (exact) mass is 175 g/mol. The molecule has 0 saturated heterocycles. The van der Waals surface area contributed by atoms with Crippen LogP contribution in [0.15, 0.2) is 0 Å². The second-order valence-electron chi connectivity index (χ2n) is 2.22. The van der Waals surface area contributed by atoms with Gasteiger partial charge in [-0.25, -0.2) is 0 Å². The first-order chi connectivity index (χ1) is 5.55. The molecule has 0 aromatic rings. The van der Waals surface area contributed by atoms with Gasteiger partial charge < -0.3 is 4.90 Å². The number of carbonyl (C=O) groups is 1. The van der Waals surface area contributed by atoms with Gasteiger partial charge in [-0.3, -0.25) is 4.79 Å². The minimum absolute atomic E-state index is 0.125. The Bertz CT molecular complexity index is 89.8. The summed E-state index contributed by atoms with van der Waals surface area (Å²) in [4.78, 5) is 12.2. The Morgan fingerprint density at radius 2 is 1.33 bits per heavy atom. The van der Waals surface area contributed by atoms with Gasteiger partial charge in [0.15, 0.2) is 0 Å². The highest BCUT2D eigenvalue weighted by Crippen LogP contribution is 1.91. The molecule has 0 heterocycles. The number of hydrogen-bond donors (Lipinski definition) is 0. The summed E-state index contributed by atoms with van der Waals surface area (Å²) in [7, 11) is 1.80. The largest absolute Gasteiger partial charge is 0.344 e. The Morgan fingerprint density at radius 1 is 1.08 bits per heavy atom. The fraction of sp³-hybridized carbons (Fsp3) is 0.900. The maximum atomic E-state index is 10.5. The molecule has 0 rings (SSSR count). The number of nitrogens with zero attached hydrogens (tertiary/aromatic N) is 1. The Morgan fingerprint density at radius 3 is 1.33 bits per heavy atom. The van der Waals surface area contributed by atoms with Crippen molar-refractivity contribution in [3.8, 4) is 0 Å². The topological polar surface area (TPSA) is 20.3 Å². The van der Waals surface area contributed by atoms with Gasteiger partial charge >= 0.3 is 0 Å². The zero-order chi connectivity index (χ0) is 10.7. The lowest BCUT2D eigenvalue weighted by Crippen LogP contribution is -2.30. The number of carbonyl (C=O) groups excluding carboxylic acids is 1. The van der Waals surface area contributed by atoms with Crippen molar-refractivity contribution in [3.63, 3.8) is 0 Å². The van der Waals surface area contributed by atoms with E-state index in [1.165, 1.54) is 0 Å². The summed E-state index contributed by atoms with van der Waals surface area (Å²) >= 11 is 0. The highest BCUT2D eigenvalue weighted by Gasteiger charge is 2.03. The predicted molar refractivity (Wildman–Crippen MR) is 56.3 cm³/mol. The van der Waals surface area contributed by atoms with Gasteiger partial charge in [0.1, 0.15) is 0 Å². The van der Waals surface area contributed by atoms with E-state index >= 15 is 0 Å². The van der Waals surface area contributed by atoms with E-state index in [0.29, 0.717) is 6.04 Å². The number of rotatable bonds is 1. The predicted octanol–water partition coefficient (Wildman–Crippen LogP) is 2.93. The molecule has 0 N–H and O–H groups in total. The molecular weight excluding hydrogens is 150 g/mol. The molecule has 0 aliphatic heterocycles. The van der Waals surface area contributed by atoms with Gasteiger partial charge in [-0.2, -0.15) is 0 Å². The lowest BCUT2D eigenvalue weighted by atomic mass is 10.3. The molecular formula is C10H25NO. The van der Waals surface area contributed by atoms with Crippen LogP contribution in [-0.4, -0.2) is 23.9 Å². The van der Waals surface area contributed by atoms with Crippen LogP contribution < -0.4 is 0 Å². The summed E-state index contributed by atoms with van der Waals surface area (Å²) in [6.07, 6.45) is 0. The van der Waals surface area contributed by atoms with E-state index < -0.39 is 0 Å². The van der Waals surface area contributed by atoms with E-state index in [0.717, 1.165) is 0 Å². The fourth-order valence-corrected chi connectivity index (χ4v) is 0.364. The molecule has 0 aromatic heterocycles. The van der Waals surface area contributed by atoms with E-state index in [1.807, 2.05) is 41.5 Å². The molecule has 12 heavy (non-hydrogen) atoms. The lowest BCUT2D eigenvalue weighted by molar-refractivity contribution is -0.128. The maximum absolute atomic E-state index is 10.5. The Kier molecular flexibility index (Phi) is 19.1. The third-order valence-corrected chi connectivity index (χ3v) is 1.27. The molecule has 0 aliphatic rings. The van der Waals surface area contributed by atoms with E-state index in [4.69, 9.17) is 0 Å². The minimum atomic E-state index is 0.125. The smallest absolute Gasteiger partial charge is 0.219 e. The van der Waals surface area contributed by atoms with E-state index in [2.05, 4.69) is 0 Å². The molecule has 2 nitrogen and oxygen atoms in total. The first-order valence-electron chi connectivity index (χ1n) is 4.79. The van der Waals surface area contributed by atoms with Crippen LogP contribution in [0.3, 0.4) is 0 Å². The fourth-order valence-electron chi connectivity index (χ4n) is 0.364. The summed E-state index contributed by atoms with van der Waals surface area (Å²) in [6.45, 7) is 13.5. The van der Waals surface area contributed by atoms with Gasteiger partial charge in [-0.1, -0.05) is 27.7 Å². The molecule has 0 atom stereocenters. The van der Waals surface area contributed by atoms with Crippen molar-refractivity contribution < 1.29 is 4.79 Å². The van der Waals surface area contributed by atoms with Crippen LogP contribution in [0.4, 0.5) is 0 Å². The quantitative estimate of drug-likeness (QED) is 0.600. The average molecular weight is 175 g/mol. The molecule has 0 radical (unpaired) electrons. The van der Waals surface area contributed by atoms with Crippen molar-refractivity contribution in [1.29, 1.82) is 0 Å². The van der Waals surface area contributed by atoms with Gasteiger partial charge in [0.25, 0.3) is 0 Å². The molecule has 2 heteroatoms. The van der Waals surface area contributed by atoms with Crippen molar-refractivity contribution in [2.24, 2.45) is 0 Å². The molecule has 76 valence electrons. The molecule has 1 amide bonds. The average Bonchev–Trinajstić information content (AvgIpc) is 2.10. The Hall–Kier alpha value is -0.530. The highest BCUT2D eigenvalue weighted by molar-refractivity contribution is 5.73. The van der Waals surface area contributed by atoms with E-state index in [9.17, 15) is 4.79 Å². The summed E-state index contributed by atoms with van der Waals surface area (Å²) in [5, 5.41) is 0. The zero-order valence-electron chi connectivity index (χ0n) is 9.93. The first kappa shape index (κ1) is 17.5. The molecule has 0 bridgehead atoms. The van der Waals surface area contributed by atoms with Crippen molar-refractivity contribution in [2.45, 2.75) is 54.5 Å². The van der Waals surface area contributed by atoms with Crippen LogP contribution in [0.2, 0.25) is 0 Å². The standard InChI is InChI=1S/C6H13NO.2C2H6/c1-5(2)7(4)6(3)8;2*1-2/h5H,1-4H3;2*1-2H3. The van der Waals surface area contributed by atoms with Gasteiger partial charge in [0.05, 0.1) is 0 Å². The maximum Gasteiger partial charge on any atom is 0.219 e. The number of hydrogen-bond acceptors (Lipinski definition) is 1. The third kappa shape index (κ3) is 12.2. The van der Waals surface area contributed by atoms with Crippen molar-refractivity contribution in [3.05, 3.63) is 0 Å². The minimum Gasteiger partial charge on any atom is -0.344 e. The van der Waals surface area contributed by atoms with Crippen LogP contribution in [0.25, 0.3) is 0 Å². The summed E-state index contributed by atoms with van der Waals surface area (Å²) in [6, 6.07) is 0.326.